The van der Waals surface area contributed by atoms with E-state index in [4.69, 9.17) is 4.74 Å². The van der Waals surface area contributed by atoms with E-state index in [0.29, 0.717) is 6.73 Å². The maximum Gasteiger partial charge on any atom is 0.123 e. The molecule has 1 aromatic heterocycles. The zero-order chi connectivity index (χ0) is 12.2. The predicted octanol–water partition coefficient (Wildman–Crippen LogP) is 4.21. The molecule has 0 aliphatic rings. The Labute approximate surface area is 107 Å². The van der Waals surface area contributed by atoms with Gasteiger partial charge >= 0.3 is 0 Å². The Morgan fingerprint density at radius 1 is 1.50 bits per heavy atom. The minimum absolute atomic E-state index is 0.610. The van der Waals surface area contributed by atoms with Gasteiger partial charge in [-0.25, -0.2) is 0 Å². The lowest BCUT2D eigenvalue weighted by Crippen LogP contribution is -2.22. The summed E-state index contributed by atoms with van der Waals surface area (Å²) >= 11 is 3.49. The van der Waals surface area contributed by atoms with Crippen molar-refractivity contribution in [1.82, 2.24) is 4.57 Å². The molecule has 90 valence electrons. The molecular weight excluding hydrogens is 282 g/mol. The molecule has 0 saturated heterocycles. The Morgan fingerprint density at radius 2 is 2.19 bits per heavy atom. The van der Waals surface area contributed by atoms with E-state index in [9.17, 15) is 0 Å². The zero-order valence-electron chi connectivity index (χ0n) is 10.3. The monoisotopic (exact) mass is 301 g/mol. The second-order valence-electron chi connectivity index (χ2n) is 5.12. The molecule has 4 heteroatoms. The molecule has 0 bridgehead atoms. The van der Waals surface area contributed by atoms with Crippen LogP contribution in [0.25, 0.3) is 6.08 Å². The number of hydrogen-bond donors (Lipinski definition) is 0. The molecule has 0 unspecified atom stereocenters. The van der Waals surface area contributed by atoms with Gasteiger partial charge in [-0.15, -0.1) is 0 Å². The van der Waals surface area contributed by atoms with Crippen molar-refractivity contribution >= 4 is 30.1 Å². The average molecular weight is 302 g/mol. The van der Waals surface area contributed by atoms with Crippen molar-refractivity contribution in [3.63, 3.8) is 0 Å². The van der Waals surface area contributed by atoms with Gasteiger partial charge < -0.3 is 9.30 Å². The van der Waals surface area contributed by atoms with E-state index in [-0.39, 0.29) is 0 Å². The minimum Gasteiger partial charge on any atom is -0.361 e. The number of aromatic nitrogens is 1. The van der Waals surface area contributed by atoms with E-state index in [1.165, 1.54) is 6.04 Å². The normalized spacial score (nSPS) is 11.8. The molecule has 2 nitrogen and oxygen atoms in total. The first-order valence-electron chi connectivity index (χ1n) is 5.48. The van der Waals surface area contributed by atoms with Crippen molar-refractivity contribution in [2.24, 2.45) is 0 Å². The molecule has 0 radical (unpaired) electrons. The summed E-state index contributed by atoms with van der Waals surface area (Å²) in [4.78, 5) is 0. The molecule has 1 heterocycles. The van der Waals surface area contributed by atoms with Crippen LogP contribution in [0, 0.1) is 0 Å². The van der Waals surface area contributed by atoms with E-state index in [2.05, 4.69) is 42.1 Å². The van der Waals surface area contributed by atoms with Crippen LogP contribution < -0.4 is 0 Å². The summed E-state index contributed by atoms with van der Waals surface area (Å²) < 4.78 is 8.75. The van der Waals surface area contributed by atoms with Crippen LogP contribution in [0.2, 0.25) is 25.7 Å². The smallest absolute Gasteiger partial charge is 0.123 e. The van der Waals surface area contributed by atoms with Gasteiger partial charge in [0.05, 0.1) is 4.60 Å². The van der Waals surface area contributed by atoms with Gasteiger partial charge in [0, 0.05) is 20.9 Å². The van der Waals surface area contributed by atoms with Crippen LogP contribution in [0.3, 0.4) is 0 Å². The van der Waals surface area contributed by atoms with Crippen LogP contribution in [0.15, 0.2) is 23.4 Å². The Hall–Kier alpha value is -0.323. The molecule has 0 amide bonds. The molecular formula is C12H20BrNOSi. The molecule has 0 spiro atoms. The van der Waals surface area contributed by atoms with Crippen molar-refractivity contribution in [3.05, 3.63) is 29.0 Å². The Bertz CT molecular complexity index is 354. The van der Waals surface area contributed by atoms with Crippen LogP contribution in [-0.2, 0) is 11.5 Å². The number of halogens is 1. The first-order chi connectivity index (χ1) is 7.42. The van der Waals surface area contributed by atoms with Gasteiger partial charge in [-0.1, -0.05) is 32.3 Å². The molecule has 0 fully saturated rings. The first-order valence-corrected chi connectivity index (χ1v) is 9.98. The Morgan fingerprint density at radius 3 is 2.69 bits per heavy atom. The highest BCUT2D eigenvalue weighted by Gasteiger charge is 2.12. The predicted molar refractivity (Wildman–Crippen MR) is 76.3 cm³/mol. The van der Waals surface area contributed by atoms with Gasteiger partial charge in [0.2, 0.25) is 0 Å². The number of rotatable bonds is 6. The molecule has 0 aromatic carbocycles. The molecule has 0 aliphatic carbocycles. The molecule has 1 rings (SSSR count). The quantitative estimate of drug-likeness (QED) is 0.567. The second-order valence-corrected chi connectivity index (χ2v) is 11.6. The van der Waals surface area contributed by atoms with Crippen molar-refractivity contribution in [2.45, 2.75) is 32.4 Å². The zero-order valence-corrected chi connectivity index (χ0v) is 12.9. The minimum atomic E-state index is -0.973. The van der Waals surface area contributed by atoms with Gasteiger partial charge in [-0.05, 0) is 33.6 Å². The summed E-state index contributed by atoms with van der Waals surface area (Å²) in [6.07, 6.45) is 3.87. The van der Waals surface area contributed by atoms with E-state index < -0.39 is 8.07 Å². The third-order valence-electron chi connectivity index (χ3n) is 2.33. The van der Waals surface area contributed by atoms with E-state index in [0.717, 1.165) is 16.8 Å². The summed E-state index contributed by atoms with van der Waals surface area (Å²) in [5, 5.41) is 0. The maximum atomic E-state index is 5.67. The van der Waals surface area contributed by atoms with Crippen LogP contribution in [0.4, 0.5) is 0 Å². The van der Waals surface area contributed by atoms with Crippen LogP contribution >= 0.6 is 15.9 Å². The SMILES string of the molecule is C=Cc1cc(Br)n(COCC[Si](C)(C)C)c1. The molecule has 0 saturated carbocycles. The number of ether oxygens (including phenoxy) is 1. The van der Waals surface area contributed by atoms with Gasteiger partial charge in [-0.3, -0.25) is 0 Å². The Kier molecular flexibility index (Phi) is 5.02. The second kappa shape index (κ2) is 5.84. The summed E-state index contributed by atoms with van der Waals surface area (Å²) in [6, 6.07) is 3.25. The fourth-order valence-corrected chi connectivity index (χ4v) is 2.48. The van der Waals surface area contributed by atoms with Crippen molar-refractivity contribution in [1.29, 1.82) is 0 Å². The molecule has 0 aliphatic heterocycles. The highest BCUT2D eigenvalue weighted by Crippen LogP contribution is 2.16. The van der Waals surface area contributed by atoms with E-state index >= 15 is 0 Å². The lowest BCUT2D eigenvalue weighted by Gasteiger charge is -2.15. The van der Waals surface area contributed by atoms with E-state index in [1.807, 2.05) is 22.9 Å². The summed E-state index contributed by atoms with van der Waals surface area (Å²) in [7, 11) is -0.973. The van der Waals surface area contributed by atoms with Gasteiger partial charge in [-0.2, -0.15) is 0 Å². The third-order valence-corrected chi connectivity index (χ3v) is 4.72. The molecule has 0 N–H and O–H groups in total. The van der Waals surface area contributed by atoms with Crippen LogP contribution in [-0.4, -0.2) is 19.2 Å². The van der Waals surface area contributed by atoms with Crippen LogP contribution in [0.5, 0.6) is 0 Å². The summed E-state index contributed by atoms with van der Waals surface area (Å²) in [6.45, 7) is 12.3. The number of hydrogen-bond acceptors (Lipinski definition) is 1. The molecule has 1 aromatic rings. The fourth-order valence-electron chi connectivity index (χ4n) is 1.25. The highest BCUT2D eigenvalue weighted by atomic mass is 79.9. The summed E-state index contributed by atoms with van der Waals surface area (Å²) in [5.41, 5.74) is 1.11. The van der Waals surface area contributed by atoms with E-state index in [1.54, 1.807) is 0 Å². The maximum absolute atomic E-state index is 5.67. The largest absolute Gasteiger partial charge is 0.361 e. The third kappa shape index (κ3) is 4.68. The Balaban J connectivity index is 2.37. The highest BCUT2D eigenvalue weighted by molar-refractivity contribution is 9.10. The van der Waals surface area contributed by atoms with Crippen molar-refractivity contribution < 1.29 is 4.74 Å². The van der Waals surface area contributed by atoms with Gasteiger partial charge in [0.1, 0.15) is 6.73 Å². The average Bonchev–Trinajstić information content (AvgIpc) is 2.53. The van der Waals surface area contributed by atoms with Gasteiger partial charge in [0.25, 0.3) is 0 Å². The van der Waals surface area contributed by atoms with Crippen molar-refractivity contribution in [3.8, 4) is 0 Å². The first kappa shape index (κ1) is 13.7. The lowest BCUT2D eigenvalue weighted by molar-refractivity contribution is 0.0860. The van der Waals surface area contributed by atoms with Crippen LogP contribution in [0.1, 0.15) is 5.56 Å². The number of nitrogens with zero attached hydrogens (tertiary/aromatic N) is 1. The molecule has 16 heavy (non-hydrogen) atoms. The van der Waals surface area contributed by atoms with Crippen molar-refractivity contribution in [2.75, 3.05) is 6.61 Å². The molecule has 0 atom stereocenters. The van der Waals surface area contributed by atoms with Gasteiger partial charge in [0.15, 0.2) is 0 Å². The fraction of sp³-hybridized carbons (Fsp3) is 0.500. The lowest BCUT2D eigenvalue weighted by atomic mass is 10.3. The summed E-state index contributed by atoms with van der Waals surface area (Å²) in [5.74, 6) is 0. The standard InChI is InChI=1S/C12H20BrNOSi/c1-5-11-8-12(13)14(9-11)10-15-6-7-16(2,3)4/h5,8-9H,1,6-7,10H2,2-4H3. The topological polar surface area (TPSA) is 14.2 Å².